The van der Waals surface area contributed by atoms with Crippen LogP contribution in [0.1, 0.15) is 35.4 Å². The first-order chi connectivity index (χ1) is 12.4. The fourth-order valence-electron chi connectivity index (χ4n) is 3.99. The van der Waals surface area contributed by atoms with Gasteiger partial charge < -0.3 is 4.90 Å². The second kappa shape index (κ2) is 6.61. The first-order valence-corrected chi connectivity index (χ1v) is 11.2. The summed E-state index contributed by atoms with van der Waals surface area (Å²) in [6, 6.07) is 3.64. The summed E-state index contributed by atoms with van der Waals surface area (Å²) in [4.78, 5) is 19.5. The van der Waals surface area contributed by atoms with Crippen LogP contribution in [-0.2, 0) is 10.0 Å². The van der Waals surface area contributed by atoms with Crippen LogP contribution in [0.25, 0.3) is 5.65 Å². The molecule has 2 aliphatic heterocycles. The van der Waals surface area contributed by atoms with Crippen LogP contribution in [0, 0.1) is 6.92 Å². The van der Waals surface area contributed by atoms with Gasteiger partial charge in [0.2, 0.25) is 10.0 Å². The van der Waals surface area contributed by atoms with Crippen LogP contribution in [0.3, 0.4) is 0 Å². The molecule has 2 aromatic heterocycles. The van der Waals surface area contributed by atoms with Crippen LogP contribution in [0.5, 0.6) is 0 Å². The van der Waals surface area contributed by atoms with Crippen LogP contribution in [0.15, 0.2) is 22.8 Å². The number of fused-ring (bicyclic) bond motifs is 1. The number of sulfonamides is 1. The minimum absolute atomic E-state index is 0.0885. The highest BCUT2D eigenvalue weighted by molar-refractivity contribution is 9.10. The number of likely N-dealkylation sites (tertiary alicyclic amines) is 1. The summed E-state index contributed by atoms with van der Waals surface area (Å²) < 4.78 is 28.7. The summed E-state index contributed by atoms with van der Waals surface area (Å²) in [5.74, 6) is 0.132. The second-order valence-electron chi connectivity index (χ2n) is 6.95. The average molecular weight is 441 g/mol. The highest BCUT2D eigenvalue weighted by Gasteiger charge is 2.38. The summed E-state index contributed by atoms with van der Waals surface area (Å²) in [6.45, 7) is 3.49. The van der Waals surface area contributed by atoms with E-state index in [2.05, 4.69) is 20.9 Å². The van der Waals surface area contributed by atoms with E-state index >= 15 is 0 Å². The Labute approximate surface area is 161 Å². The maximum Gasteiger partial charge on any atom is 0.272 e. The van der Waals surface area contributed by atoms with E-state index in [1.165, 1.54) is 0 Å². The lowest BCUT2D eigenvalue weighted by molar-refractivity contribution is 0.0651. The quantitative estimate of drug-likeness (QED) is 0.715. The van der Waals surface area contributed by atoms with Gasteiger partial charge in [-0.15, -0.1) is 0 Å². The highest BCUT2D eigenvalue weighted by Crippen LogP contribution is 2.26. The third-order valence-electron chi connectivity index (χ3n) is 5.19. The molecular formula is C17H21BrN4O3S. The number of piperidine rings is 1. The smallest absolute Gasteiger partial charge is 0.272 e. The summed E-state index contributed by atoms with van der Waals surface area (Å²) in [6.07, 6.45) is 4.13. The normalized spacial score (nSPS) is 23.6. The third-order valence-corrected chi connectivity index (χ3v) is 7.66. The monoisotopic (exact) mass is 440 g/mol. The zero-order valence-electron chi connectivity index (χ0n) is 14.6. The predicted octanol–water partition coefficient (Wildman–Crippen LogP) is 2.05. The number of pyridine rings is 1. The number of rotatable bonds is 2. The first-order valence-electron chi connectivity index (χ1n) is 8.80. The van der Waals surface area contributed by atoms with Crippen molar-refractivity contribution in [1.29, 1.82) is 0 Å². The van der Waals surface area contributed by atoms with Gasteiger partial charge in [0.25, 0.3) is 5.91 Å². The van der Waals surface area contributed by atoms with E-state index in [0.29, 0.717) is 37.4 Å². The van der Waals surface area contributed by atoms with Crippen LogP contribution >= 0.6 is 15.9 Å². The van der Waals surface area contributed by atoms with E-state index in [9.17, 15) is 13.2 Å². The molecular weight excluding hydrogens is 420 g/mol. The van der Waals surface area contributed by atoms with Gasteiger partial charge in [0.1, 0.15) is 11.3 Å². The molecule has 9 heteroatoms. The molecule has 0 bridgehead atoms. The lowest BCUT2D eigenvalue weighted by atomic mass is 10.0. The molecule has 2 aromatic rings. The Morgan fingerprint density at radius 1 is 1.27 bits per heavy atom. The summed E-state index contributed by atoms with van der Waals surface area (Å²) in [5, 5.41) is 0. The molecule has 1 atom stereocenters. The van der Waals surface area contributed by atoms with Gasteiger partial charge in [-0.3, -0.25) is 9.20 Å². The van der Waals surface area contributed by atoms with E-state index in [-0.39, 0.29) is 17.7 Å². The molecule has 2 fully saturated rings. The molecule has 0 radical (unpaired) electrons. The van der Waals surface area contributed by atoms with Gasteiger partial charge in [0.05, 0.1) is 11.4 Å². The number of imidazole rings is 1. The Balaban J connectivity index is 1.62. The van der Waals surface area contributed by atoms with Gasteiger partial charge >= 0.3 is 0 Å². The number of aromatic nitrogens is 2. The molecule has 26 heavy (non-hydrogen) atoms. The van der Waals surface area contributed by atoms with Crippen molar-refractivity contribution < 1.29 is 13.2 Å². The number of hydrogen-bond acceptors (Lipinski definition) is 4. The topological polar surface area (TPSA) is 75.0 Å². The Bertz CT molecular complexity index is 972. The lowest BCUT2D eigenvalue weighted by Gasteiger charge is -2.36. The Morgan fingerprint density at radius 3 is 2.81 bits per heavy atom. The molecule has 0 spiro atoms. The number of aryl methyl sites for hydroxylation is 1. The first kappa shape index (κ1) is 17.9. The third kappa shape index (κ3) is 3.05. The van der Waals surface area contributed by atoms with E-state index in [4.69, 9.17) is 0 Å². The second-order valence-corrected chi connectivity index (χ2v) is 9.91. The van der Waals surface area contributed by atoms with Crippen molar-refractivity contribution >= 4 is 37.5 Å². The standard InChI is InChI=1S/C17H21BrN4O3S/c1-12-16(21-10-13(18)5-6-15(21)19-12)17(23)20-7-2-4-14(11-20)22-8-3-9-26(22,24)25/h5-6,10,14H,2-4,7-9,11H2,1H3. The van der Waals surface area contributed by atoms with Crippen molar-refractivity contribution in [2.75, 3.05) is 25.4 Å². The van der Waals surface area contributed by atoms with Crippen molar-refractivity contribution in [2.24, 2.45) is 0 Å². The van der Waals surface area contributed by atoms with Gasteiger partial charge in [-0.2, -0.15) is 4.31 Å². The van der Waals surface area contributed by atoms with Crippen molar-refractivity contribution in [2.45, 2.75) is 32.2 Å². The van der Waals surface area contributed by atoms with Gasteiger partial charge in [-0.25, -0.2) is 13.4 Å². The van der Waals surface area contributed by atoms with Gasteiger partial charge in [0.15, 0.2) is 0 Å². The zero-order valence-corrected chi connectivity index (χ0v) is 17.0. The SMILES string of the molecule is Cc1nc2ccc(Br)cn2c1C(=O)N1CCCC(N2CCCS2(=O)=O)C1. The molecule has 0 saturated carbocycles. The fraction of sp³-hybridized carbons (Fsp3) is 0.529. The van der Waals surface area contributed by atoms with Gasteiger partial charge in [0, 0.05) is 36.3 Å². The molecule has 140 valence electrons. The molecule has 4 heterocycles. The molecule has 1 amide bonds. The number of amides is 1. The Morgan fingerprint density at radius 2 is 2.08 bits per heavy atom. The van der Waals surface area contributed by atoms with Gasteiger partial charge in [-0.05, 0) is 54.2 Å². The highest BCUT2D eigenvalue weighted by atomic mass is 79.9. The average Bonchev–Trinajstić information content (AvgIpc) is 3.12. The summed E-state index contributed by atoms with van der Waals surface area (Å²) in [5.41, 5.74) is 1.96. The zero-order chi connectivity index (χ0) is 18.5. The minimum atomic E-state index is -3.17. The number of carbonyl (C=O) groups is 1. The molecule has 0 N–H and O–H groups in total. The predicted molar refractivity (Wildman–Crippen MR) is 102 cm³/mol. The van der Waals surface area contributed by atoms with Crippen molar-refractivity contribution in [3.05, 3.63) is 34.2 Å². The summed E-state index contributed by atoms with van der Waals surface area (Å²) in [7, 11) is -3.17. The molecule has 4 rings (SSSR count). The molecule has 1 unspecified atom stereocenters. The molecule has 7 nitrogen and oxygen atoms in total. The van der Waals surface area contributed by atoms with Crippen LogP contribution in [0.4, 0.5) is 0 Å². The molecule has 0 aliphatic carbocycles. The number of carbonyl (C=O) groups excluding carboxylic acids is 1. The number of nitrogens with zero attached hydrogens (tertiary/aromatic N) is 4. The van der Waals surface area contributed by atoms with Crippen molar-refractivity contribution in [1.82, 2.24) is 18.6 Å². The van der Waals surface area contributed by atoms with E-state index < -0.39 is 10.0 Å². The van der Waals surface area contributed by atoms with Crippen molar-refractivity contribution in [3.63, 3.8) is 0 Å². The summed E-state index contributed by atoms with van der Waals surface area (Å²) >= 11 is 3.44. The lowest BCUT2D eigenvalue weighted by Crippen LogP contribution is -2.50. The van der Waals surface area contributed by atoms with Crippen molar-refractivity contribution in [3.8, 4) is 0 Å². The Hall–Kier alpha value is -1.45. The maximum absolute atomic E-state index is 13.2. The van der Waals surface area contributed by atoms with E-state index in [0.717, 1.165) is 23.0 Å². The minimum Gasteiger partial charge on any atom is -0.336 e. The van der Waals surface area contributed by atoms with E-state index in [1.54, 1.807) is 13.6 Å². The number of halogens is 1. The van der Waals surface area contributed by atoms with E-state index in [1.807, 2.05) is 25.3 Å². The van der Waals surface area contributed by atoms with Crippen LogP contribution in [-0.4, -0.2) is 64.3 Å². The van der Waals surface area contributed by atoms with Gasteiger partial charge in [-0.1, -0.05) is 0 Å². The largest absolute Gasteiger partial charge is 0.336 e. The van der Waals surface area contributed by atoms with Crippen LogP contribution < -0.4 is 0 Å². The molecule has 2 aliphatic rings. The fourth-order valence-corrected chi connectivity index (χ4v) is 6.09. The molecule has 0 aromatic carbocycles. The number of hydrogen-bond donors (Lipinski definition) is 0. The van der Waals surface area contributed by atoms with Crippen LogP contribution in [0.2, 0.25) is 0 Å². The Kier molecular flexibility index (Phi) is 4.56. The molecule has 2 saturated heterocycles. The maximum atomic E-state index is 13.2.